The van der Waals surface area contributed by atoms with E-state index < -0.39 is 7.12 Å². The Bertz CT molecular complexity index is 551. The number of methoxy groups -OCH3 is 1. The Morgan fingerprint density at radius 1 is 1.14 bits per heavy atom. The number of hydrogen-bond donors (Lipinski definition) is 0. The highest BCUT2D eigenvalue weighted by molar-refractivity contribution is 6.66. The predicted molar refractivity (Wildman–Crippen MR) is 85.7 cm³/mol. The van der Waals surface area contributed by atoms with Gasteiger partial charge in [0.15, 0.2) is 0 Å². The molecule has 1 aromatic carbocycles. The van der Waals surface area contributed by atoms with Gasteiger partial charge in [0, 0.05) is 10.5 Å². The van der Waals surface area contributed by atoms with E-state index in [-0.39, 0.29) is 11.2 Å². The van der Waals surface area contributed by atoms with Crippen molar-refractivity contribution in [1.82, 2.24) is 0 Å². The topological polar surface area (TPSA) is 27.7 Å². The molecule has 5 heteroatoms. The van der Waals surface area contributed by atoms with Crippen LogP contribution in [0.5, 0.6) is 5.75 Å². The van der Waals surface area contributed by atoms with Gasteiger partial charge in [-0.15, -0.1) is 0 Å². The van der Waals surface area contributed by atoms with Gasteiger partial charge in [-0.2, -0.15) is 0 Å². The Kier molecular flexibility index (Phi) is 3.55. The van der Waals surface area contributed by atoms with Gasteiger partial charge in [0.05, 0.1) is 18.3 Å². The standard InChI is InChI=1S/C16H22BClO3/c1-15(2)16(3,4)21-17(20-15)13-9-11(19-5)8-12(14(13)18)10-6-7-10/h8-10H,6-7H2,1-5H3. The Balaban J connectivity index is 2.01. The summed E-state index contributed by atoms with van der Waals surface area (Å²) >= 11 is 6.62. The summed E-state index contributed by atoms with van der Waals surface area (Å²) in [4.78, 5) is 0. The second kappa shape index (κ2) is 4.90. The minimum Gasteiger partial charge on any atom is -0.497 e. The molecule has 3 nitrogen and oxygen atoms in total. The van der Waals surface area contributed by atoms with E-state index in [2.05, 4.69) is 0 Å². The average Bonchev–Trinajstić information content (AvgIpc) is 3.18. The lowest BCUT2D eigenvalue weighted by Crippen LogP contribution is -2.41. The molecule has 1 aromatic rings. The first-order valence-corrected chi connectivity index (χ1v) is 7.86. The zero-order valence-electron chi connectivity index (χ0n) is 13.3. The van der Waals surface area contributed by atoms with Crippen LogP contribution in [0.2, 0.25) is 5.02 Å². The average molecular weight is 309 g/mol. The van der Waals surface area contributed by atoms with E-state index >= 15 is 0 Å². The molecule has 0 unspecified atom stereocenters. The van der Waals surface area contributed by atoms with Gasteiger partial charge >= 0.3 is 7.12 Å². The second-order valence-electron chi connectivity index (χ2n) is 6.98. The summed E-state index contributed by atoms with van der Waals surface area (Å²) in [6, 6.07) is 3.96. The van der Waals surface area contributed by atoms with Crippen molar-refractivity contribution >= 4 is 24.2 Å². The van der Waals surface area contributed by atoms with Crippen molar-refractivity contribution in [3.63, 3.8) is 0 Å². The quantitative estimate of drug-likeness (QED) is 0.800. The lowest BCUT2D eigenvalue weighted by Gasteiger charge is -2.32. The molecule has 2 aliphatic rings. The van der Waals surface area contributed by atoms with E-state index in [1.165, 1.54) is 12.8 Å². The van der Waals surface area contributed by atoms with E-state index in [4.69, 9.17) is 25.6 Å². The fourth-order valence-corrected chi connectivity index (χ4v) is 2.94. The summed E-state index contributed by atoms with van der Waals surface area (Å²) in [5.41, 5.74) is 1.28. The molecular weight excluding hydrogens is 286 g/mol. The van der Waals surface area contributed by atoms with Crippen LogP contribution in [0.15, 0.2) is 12.1 Å². The summed E-state index contributed by atoms with van der Waals surface area (Å²) in [6.07, 6.45) is 2.38. The van der Waals surface area contributed by atoms with E-state index in [0.717, 1.165) is 21.8 Å². The maximum atomic E-state index is 6.62. The normalized spacial score (nSPS) is 23.4. The first-order chi connectivity index (χ1) is 9.75. The van der Waals surface area contributed by atoms with Crippen molar-refractivity contribution in [3.05, 3.63) is 22.7 Å². The Morgan fingerprint density at radius 3 is 2.19 bits per heavy atom. The molecule has 0 radical (unpaired) electrons. The zero-order valence-corrected chi connectivity index (χ0v) is 14.1. The molecule has 0 N–H and O–H groups in total. The van der Waals surface area contributed by atoms with Crippen molar-refractivity contribution in [1.29, 1.82) is 0 Å². The highest BCUT2D eigenvalue weighted by Crippen LogP contribution is 2.45. The van der Waals surface area contributed by atoms with Crippen LogP contribution >= 0.6 is 11.6 Å². The van der Waals surface area contributed by atoms with Gasteiger partial charge in [-0.3, -0.25) is 0 Å². The maximum absolute atomic E-state index is 6.62. The monoisotopic (exact) mass is 308 g/mol. The Morgan fingerprint density at radius 2 is 1.71 bits per heavy atom. The van der Waals surface area contributed by atoms with Crippen LogP contribution in [0, 0.1) is 0 Å². The third kappa shape index (κ3) is 2.58. The van der Waals surface area contributed by atoms with E-state index in [0.29, 0.717) is 5.92 Å². The highest BCUT2D eigenvalue weighted by Gasteiger charge is 2.52. The van der Waals surface area contributed by atoms with Gasteiger partial charge in [0.25, 0.3) is 0 Å². The predicted octanol–water partition coefficient (Wildman–Crippen LogP) is 3.53. The number of halogens is 1. The summed E-state index contributed by atoms with van der Waals surface area (Å²) < 4.78 is 17.7. The van der Waals surface area contributed by atoms with E-state index in [1.807, 2.05) is 39.8 Å². The van der Waals surface area contributed by atoms with Crippen LogP contribution in [0.4, 0.5) is 0 Å². The van der Waals surface area contributed by atoms with Crippen molar-refractivity contribution in [2.75, 3.05) is 7.11 Å². The van der Waals surface area contributed by atoms with Crippen molar-refractivity contribution < 1.29 is 14.0 Å². The molecule has 1 aliphatic heterocycles. The summed E-state index contributed by atoms with van der Waals surface area (Å²) in [5, 5.41) is 0.761. The molecule has 0 aromatic heterocycles. The fraction of sp³-hybridized carbons (Fsp3) is 0.625. The zero-order chi connectivity index (χ0) is 15.4. The molecule has 0 spiro atoms. The van der Waals surface area contributed by atoms with Gasteiger partial charge in [0.1, 0.15) is 5.75 Å². The molecule has 0 amide bonds. The van der Waals surface area contributed by atoms with Gasteiger partial charge in [-0.1, -0.05) is 11.6 Å². The second-order valence-corrected chi connectivity index (χ2v) is 7.36. The largest absolute Gasteiger partial charge is 0.497 e. The number of benzene rings is 1. The molecule has 0 atom stereocenters. The summed E-state index contributed by atoms with van der Waals surface area (Å²) in [5.74, 6) is 1.36. The fourth-order valence-electron chi connectivity index (χ4n) is 2.59. The lowest BCUT2D eigenvalue weighted by atomic mass is 9.77. The van der Waals surface area contributed by atoms with Crippen LogP contribution in [0.3, 0.4) is 0 Å². The molecule has 21 heavy (non-hydrogen) atoms. The summed E-state index contributed by atoms with van der Waals surface area (Å²) in [7, 11) is 1.23. The third-order valence-electron chi connectivity index (χ3n) is 4.86. The van der Waals surface area contributed by atoms with Gasteiger partial charge in [-0.25, -0.2) is 0 Å². The number of ether oxygens (including phenoxy) is 1. The van der Waals surface area contributed by atoms with Crippen LogP contribution in [0.1, 0.15) is 52.0 Å². The van der Waals surface area contributed by atoms with Crippen LogP contribution in [-0.2, 0) is 9.31 Å². The Hall–Kier alpha value is -0.705. The minimum atomic E-state index is -0.449. The highest BCUT2D eigenvalue weighted by atomic mass is 35.5. The molecule has 1 saturated carbocycles. The Labute approximate surface area is 132 Å². The summed E-state index contributed by atoms with van der Waals surface area (Å²) in [6.45, 7) is 8.18. The van der Waals surface area contributed by atoms with Gasteiger partial charge in [-0.05, 0) is 64.2 Å². The maximum Gasteiger partial charge on any atom is 0.496 e. The van der Waals surface area contributed by atoms with Gasteiger partial charge in [0.2, 0.25) is 0 Å². The molecule has 3 rings (SSSR count). The first-order valence-electron chi connectivity index (χ1n) is 7.48. The molecule has 114 valence electrons. The first kappa shape index (κ1) is 15.2. The van der Waals surface area contributed by atoms with Crippen LogP contribution in [0.25, 0.3) is 0 Å². The molecule has 2 fully saturated rings. The third-order valence-corrected chi connectivity index (χ3v) is 5.30. The number of rotatable bonds is 3. The van der Waals surface area contributed by atoms with Crippen molar-refractivity contribution in [2.24, 2.45) is 0 Å². The van der Waals surface area contributed by atoms with Gasteiger partial charge < -0.3 is 14.0 Å². The minimum absolute atomic E-state index is 0.371. The molecule has 0 bridgehead atoms. The molecule has 1 saturated heterocycles. The smallest absolute Gasteiger partial charge is 0.496 e. The van der Waals surface area contributed by atoms with E-state index in [1.54, 1.807) is 7.11 Å². The molecule has 1 aliphatic carbocycles. The van der Waals surface area contributed by atoms with Crippen molar-refractivity contribution in [3.8, 4) is 5.75 Å². The van der Waals surface area contributed by atoms with Crippen molar-refractivity contribution in [2.45, 2.75) is 57.7 Å². The molecular formula is C16H22BClO3. The van der Waals surface area contributed by atoms with Crippen LogP contribution < -0.4 is 10.2 Å². The van der Waals surface area contributed by atoms with Crippen LogP contribution in [-0.4, -0.2) is 25.4 Å². The lowest BCUT2D eigenvalue weighted by molar-refractivity contribution is 0.00578. The van der Waals surface area contributed by atoms with E-state index in [9.17, 15) is 0 Å². The SMILES string of the molecule is COc1cc(B2OC(C)(C)C(C)(C)O2)c(Cl)c(C2CC2)c1. The number of hydrogen-bond acceptors (Lipinski definition) is 3. The molecule has 1 heterocycles.